The topological polar surface area (TPSA) is 97.9 Å². The van der Waals surface area contributed by atoms with Crippen LogP contribution in [0, 0.1) is 0 Å². The van der Waals surface area contributed by atoms with Crippen molar-refractivity contribution in [3.05, 3.63) is 25.3 Å². The van der Waals surface area contributed by atoms with Crippen molar-refractivity contribution in [3.63, 3.8) is 0 Å². The van der Waals surface area contributed by atoms with Crippen LogP contribution < -0.4 is 16.0 Å². The highest BCUT2D eigenvalue weighted by Crippen LogP contribution is 2.18. The van der Waals surface area contributed by atoms with Gasteiger partial charge in [0.1, 0.15) is 5.60 Å². The summed E-state index contributed by atoms with van der Waals surface area (Å²) >= 11 is 0. The third-order valence-corrected chi connectivity index (χ3v) is 4.25. The zero-order valence-corrected chi connectivity index (χ0v) is 18.1. The minimum absolute atomic E-state index is 0.185. The first-order valence-corrected chi connectivity index (χ1v) is 10.3. The molecule has 0 radical (unpaired) electrons. The van der Waals surface area contributed by atoms with Gasteiger partial charge in [-0.15, -0.1) is 0 Å². The van der Waals surface area contributed by atoms with Crippen LogP contribution in [0.4, 0.5) is 0 Å². The summed E-state index contributed by atoms with van der Waals surface area (Å²) in [6, 6.07) is 0. The van der Waals surface area contributed by atoms with E-state index in [4.69, 9.17) is 14.2 Å². The number of ether oxygens (including phenoxy) is 3. The molecule has 1 unspecified atom stereocenters. The molecule has 3 N–H and O–H groups in total. The molecule has 0 rings (SSSR count). The maximum atomic E-state index is 11.2. The van der Waals surface area contributed by atoms with E-state index in [1.165, 1.54) is 12.2 Å². The van der Waals surface area contributed by atoms with Crippen molar-refractivity contribution in [2.24, 2.45) is 0 Å². The van der Waals surface area contributed by atoms with E-state index in [1.807, 2.05) is 14.0 Å². The quantitative estimate of drug-likeness (QED) is 0.205. The first-order chi connectivity index (χ1) is 14.0. The van der Waals surface area contributed by atoms with Crippen LogP contribution in [0.2, 0.25) is 0 Å². The predicted octanol–water partition coefficient (Wildman–Crippen LogP) is 1.18. The van der Waals surface area contributed by atoms with Crippen molar-refractivity contribution in [2.75, 3.05) is 59.7 Å². The van der Waals surface area contributed by atoms with Gasteiger partial charge in [-0.1, -0.05) is 20.1 Å². The van der Waals surface area contributed by atoms with Crippen molar-refractivity contribution in [3.8, 4) is 0 Å². The molecule has 8 heteroatoms. The lowest BCUT2D eigenvalue weighted by Crippen LogP contribution is -2.43. The molecular weight excluding hydrogens is 374 g/mol. The molecule has 0 aromatic carbocycles. The molecule has 0 aliphatic carbocycles. The Morgan fingerprint density at radius 1 is 0.862 bits per heavy atom. The van der Waals surface area contributed by atoms with Gasteiger partial charge in [0.2, 0.25) is 11.8 Å². The van der Waals surface area contributed by atoms with Gasteiger partial charge in [-0.3, -0.25) is 9.59 Å². The summed E-state index contributed by atoms with van der Waals surface area (Å²) in [7, 11) is 1.91. The van der Waals surface area contributed by atoms with Gasteiger partial charge >= 0.3 is 0 Å². The first-order valence-electron chi connectivity index (χ1n) is 10.3. The maximum Gasteiger partial charge on any atom is 0.243 e. The van der Waals surface area contributed by atoms with Crippen LogP contribution in [0.15, 0.2) is 25.3 Å². The molecule has 0 saturated heterocycles. The van der Waals surface area contributed by atoms with Gasteiger partial charge in [-0.2, -0.15) is 0 Å². The van der Waals surface area contributed by atoms with Crippen molar-refractivity contribution in [1.29, 1.82) is 0 Å². The fraction of sp³-hybridized carbons (Fsp3) is 0.714. The molecule has 29 heavy (non-hydrogen) atoms. The van der Waals surface area contributed by atoms with Crippen LogP contribution >= 0.6 is 0 Å². The van der Waals surface area contributed by atoms with E-state index in [2.05, 4.69) is 29.1 Å². The van der Waals surface area contributed by atoms with Gasteiger partial charge in [0.25, 0.3) is 0 Å². The van der Waals surface area contributed by atoms with Crippen LogP contribution in [0.1, 0.15) is 32.6 Å². The summed E-state index contributed by atoms with van der Waals surface area (Å²) in [6.07, 6.45) is 5.56. The van der Waals surface area contributed by atoms with Crippen LogP contribution in [-0.2, 0) is 23.8 Å². The lowest BCUT2D eigenvalue weighted by atomic mass is 10.0. The third-order valence-electron chi connectivity index (χ3n) is 4.25. The Labute approximate surface area is 175 Å². The molecule has 0 aliphatic rings. The van der Waals surface area contributed by atoms with Crippen molar-refractivity contribution in [2.45, 2.75) is 38.2 Å². The minimum atomic E-state index is -0.535. The normalized spacial score (nSPS) is 12.8. The van der Waals surface area contributed by atoms with Gasteiger partial charge in [0, 0.05) is 32.9 Å². The van der Waals surface area contributed by atoms with Crippen LogP contribution in [0.25, 0.3) is 0 Å². The summed E-state index contributed by atoms with van der Waals surface area (Å²) < 4.78 is 17.8. The van der Waals surface area contributed by atoms with Crippen molar-refractivity contribution in [1.82, 2.24) is 16.0 Å². The Morgan fingerprint density at radius 3 is 1.79 bits per heavy atom. The molecular formula is C21H39N3O5. The molecule has 0 heterocycles. The van der Waals surface area contributed by atoms with Gasteiger partial charge in [-0.25, -0.2) is 0 Å². The van der Waals surface area contributed by atoms with E-state index in [9.17, 15) is 9.59 Å². The monoisotopic (exact) mass is 413 g/mol. The standard InChI is InChI=1S/C21H39N3O5/c1-5-19(25)23-12-9-15-28-18-21(7-3,17-27-14-8-11-22-4)29-16-10-13-24-20(26)6-2/h5-6,22H,1-2,7-18H2,3-4H3,(H,23,25)(H,24,26). The van der Waals surface area contributed by atoms with E-state index in [0.29, 0.717) is 59.0 Å². The zero-order valence-electron chi connectivity index (χ0n) is 18.1. The Bertz CT molecular complexity index is 473. The van der Waals surface area contributed by atoms with E-state index >= 15 is 0 Å². The maximum absolute atomic E-state index is 11.2. The van der Waals surface area contributed by atoms with Gasteiger partial charge < -0.3 is 30.2 Å². The Kier molecular flexibility index (Phi) is 17.2. The summed E-state index contributed by atoms with van der Waals surface area (Å²) in [6.45, 7) is 13.3. The largest absolute Gasteiger partial charge is 0.378 e. The van der Waals surface area contributed by atoms with E-state index in [1.54, 1.807) is 0 Å². The number of amides is 2. The number of nitrogens with one attached hydrogen (secondary N) is 3. The lowest BCUT2D eigenvalue weighted by molar-refractivity contribution is -0.139. The fourth-order valence-corrected chi connectivity index (χ4v) is 2.40. The molecule has 0 aromatic heterocycles. The molecule has 2 amide bonds. The highest BCUT2D eigenvalue weighted by Gasteiger charge is 2.30. The molecule has 0 spiro atoms. The first kappa shape index (κ1) is 27.3. The third kappa shape index (κ3) is 14.9. The lowest BCUT2D eigenvalue weighted by Gasteiger charge is -2.32. The molecule has 8 nitrogen and oxygen atoms in total. The molecule has 1 atom stereocenters. The van der Waals surface area contributed by atoms with E-state index in [-0.39, 0.29) is 11.8 Å². The smallest absolute Gasteiger partial charge is 0.243 e. The summed E-state index contributed by atoms with van der Waals surface area (Å²) in [4.78, 5) is 22.3. The molecule has 168 valence electrons. The second-order valence-corrected chi connectivity index (χ2v) is 6.64. The predicted molar refractivity (Wildman–Crippen MR) is 115 cm³/mol. The molecule has 0 aromatic rings. The molecule has 0 saturated carbocycles. The molecule has 0 fully saturated rings. The fourth-order valence-electron chi connectivity index (χ4n) is 2.40. The van der Waals surface area contributed by atoms with Crippen LogP contribution in [-0.4, -0.2) is 77.1 Å². The van der Waals surface area contributed by atoms with E-state index in [0.717, 1.165) is 19.4 Å². The number of carbonyl (C=O) groups excluding carboxylic acids is 2. The number of carbonyl (C=O) groups is 2. The number of hydrogen-bond acceptors (Lipinski definition) is 6. The molecule has 0 aliphatic heterocycles. The highest BCUT2D eigenvalue weighted by atomic mass is 16.6. The van der Waals surface area contributed by atoms with Crippen LogP contribution in [0.5, 0.6) is 0 Å². The SMILES string of the molecule is C=CC(=O)NCCCOCC(CC)(COCCCNC)OCCCNC(=O)C=C. The number of rotatable bonds is 20. The Balaban J connectivity index is 4.38. The zero-order chi connectivity index (χ0) is 21.8. The highest BCUT2D eigenvalue weighted by molar-refractivity contribution is 5.87. The molecule has 0 bridgehead atoms. The Morgan fingerprint density at radius 2 is 1.34 bits per heavy atom. The average Bonchev–Trinajstić information content (AvgIpc) is 2.74. The van der Waals surface area contributed by atoms with E-state index < -0.39 is 5.60 Å². The Hall–Kier alpha value is -1.74. The van der Waals surface area contributed by atoms with Gasteiger partial charge in [-0.05, 0) is 51.4 Å². The minimum Gasteiger partial charge on any atom is -0.378 e. The van der Waals surface area contributed by atoms with Crippen molar-refractivity contribution >= 4 is 11.8 Å². The second-order valence-electron chi connectivity index (χ2n) is 6.64. The summed E-state index contributed by atoms with van der Waals surface area (Å²) in [5.74, 6) is -0.374. The summed E-state index contributed by atoms with van der Waals surface area (Å²) in [5, 5.41) is 8.55. The van der Waals surface area contributed by atoms with Crippen LogP contribution in [0.3, 0.4) is 0 Å². The number of hydrogen-bond donors (Lipinski definition) is 3. The van der Waals surface area contributed by atoms with Gasteiger partial charge in [0.15, 0.2) is 0 Å². The second kappa shape index (κ2) is 18.3. The van der Waals surface area contributed by atoms with Crippen molar-refractivity contribution < 1.29 is 23.8 Å². The van der Waals surface area contributed by atoms with Gasteiger partial charge in [0.05, 0.1) is 13.2 Å². The average molecular weight is 414 g/mol. The summed E-state index contributed by atoms with van der Waals surface area (Å²) in [5.41, 5.74) is -0.535.